The largest absolute Gasteiger partial charge is 0.303 e. The van der Waals surface area contributed by atoms with E-state index >= 15 is 0 Å². The molecule has 2 nitrogen and oxygen atoms in total. The third kappa shape index (κ3) is 1.57. The van der Waals surface area contributed by atoms with Gasteiger partial charge in [0, 0.05) is 16.1 Å². The van der Waals surface area contributed by atoms with E-state index in [1.807, 2.05) is 18.5 Å². The highest BCUT2D eigenvalue weighted by molar-refractivity contribution is 9.10. The van der Waals surface area contributed by atoms with Crippen molar-refractivity contribution in [1.82, 2.24) is 9.38 Å². The van der Waals surface area contributed by atoms with E-state index < -0.39 is 0 Å². The van der Waals surface area contributed by atoms with Gasteiger partial charge in [0.15, 0.2) is 0 Å². The monoisotopic (exact) mass is 252 g/mol. The van der Waals surface area contributed by atoms with Crippen LogP contribution >= 0.6 is 15.9 Å². The molecule has 0 saturated carbocycles. The summed E-state index contributed by atoms with van der Waals surface area (Å²) in [6.45, 7) is 6.51. The van der Waals surface area contributed by atoms with E-state index in [-0.39, 0.29) is 5.41 Å². The van der Waals surface area contributed by atoms with Gasteiger partial charge >= 0.3 is 0 Å². The molecule has 0 spiro atoms. The van der Waals surface area contributed by atoms with Crippen molar-refractivity contribution in [2.75, 3.05) is 0 Å². The minimum absolute atomic E-state index is 0.0836. The van der Waals surface area contributed by atoms with Crippen molar-refractivity contribution in [1.29, 1.82) is 0 Å². The number of aromatic nitrogens is 2. The molecule has 0 aliphatic heterocycles. The van der Waals surface area contributed by atoms with Crippen LogP contribution < -0.4 is 0 Å². The smallest absolute Gasteiger partial charge is 0.118 e. The highest BCUT2D eigenvalue weighted by Gasteiger charge is 2.19. The van der Waals surface area contributed by atoms with Gasteiger partial charge in [0.05, 0.1) is 11.7 Å². The average Bonchev–Trinajstić information content (AvgIpc) is 2.45. The van der Waals surface area contributed by atoms with E-state index in [9.17, 15) is 0 Å². The molecule has 2 heterocycles. The molecule has 0 aliphatic rings. The molecule has 14 heavy (non-hydrogen) atoms. The summed E-state index contributed by atoms with van der Waals surface area (Å²) in [7, 11) is 0. The number of hydrogen-bond acceptors (Lipinski definition) is 1. The van der Waals surface area contributed by atoms with E-state index in [1.54, 1.807) is 0 Å². The Morgan fingerprint density at radius 3 is 2.71 bits per heavy atom. The first-order chi connectivity index (χ1) is 6.48. The van der Waals surface area contributed by atoms with Gasteiger partial charge in [0.2, 0.25) is 0 Å². The number of nitrogens with zero attached hydrogens (tertiary/aromatic N) is 2. The first kappa shape index (κ1) is 9.71. The summed E-state index contributed by atoms with van der Waals surface area (Å²) in [5.74, 6) is 1.10. The van der Waals surface area contributed by atoms with Crippen LogP contribution in [0.1, 0.15) is 26.6 Å². The van der Waals surface area contributed by atoms with Gasteiger partial charge in [0.25, 0.3) is 0 Å². The van der Waals surface area contributed by atoms with Crippen LogP contribution in [0, 0.1) is 0 Å². The summed E-state index contributed by atoms with van der Waals surface area (Å²) >= 11 is 3.45. The number of imidazole rings is 1. The Kier molecular flexibility index (Phi) is 2.14. The van der Waals surface area contributed by atoms with Gasteiger partial charge in [-0.05, 0) is 12.1 Å². The number of halogens is 1. The van der Waals surface area contributed by atoms with Crippen LogP contribution in [0.4, 0.5) is 0 Å². The predicted molar refractivity (Wildman–Crippen MR) is 61.6 cm³/mol. The van der Waals surface area contributed by atoms with Crippen molar-refractivity contribution in [3.05, 3.63) is 34.8 Å². The first-order valence-electron chi connectivity index (χ1n) is 4.61. The average molecular weight is 253 g/mol. The lowest BCUT2D eigenvalue weighted by Crippen LogP contribution is -2.15. The standard InChI is InChI=1S/C11H13BrN2/c1-11(2,3)10-13-7-9-6-8(12)4-5-14(9)10/h4-7H,1-3H3. The highest BCUT2D eigenvalue weighted by atomic mass is 79.9. The summed E-state index contributed by atoms with van der Waals surface area (Å²) in [4.78, 5) is 4.45. The molecule has 3 heteroatoms. The van der Waals surface area contributed by atoms with E-state index in [4.69, 9.17) is 0 Å². The predicted octanol–water partition coefficient (Wildman–Crippen LogP) is 3.39. The summed E-state index contributed by atoms with van der Waals surface area (Å²) in [6.07, 6.45) is 3.96. The molecule has 0 aliphatic carbocycles. The quantitative estimate of drug-likeness (QED) is 0.703. The van der Waals surface area contributed by atoms with Crippen molar-refractivity contribution in [2.24, 2.45) is 0 Å². The Morgan fingerprint density at radius 2 is 2.07 bits per heavy atom. The fourth-order valence-electron chi connectivity index (χ4n) is 1.53. The zero-order chi connectivity index (χ0) is 10.3. The summed E-state index contributed by atoms with van der Waals surface area (Å²) in [5.41, 5.74) is 1.21. The Labute approximate surface area is 92.1 Å². The molecule has 2 rings (SSSR count). The van der Waals surface area contributed by atoms with Gasteiger partial charge in [-0.2, -0.15) is 0 Å². The second-order valence-electron chi connectivity index (χ2n) is 4.47. The van der Waals surface area contributed by atoms with Crippen LogP contribution in [0.3, 0.4) is 0 Å². The van der Waals surface area contributed by atoms with Crippen LogP contribution in [-0.4, -0.2) is 9.38 Å². The Morgan fingerprint density at radius 1 is 1.36 bits per heavy atom. The third-order valence-electron chi connectivity index (χ3n) is 2.16. The molecular formula is C11H13BrN2. The molecule has 2 aromatic heterocycles. The Hall–Kier alpha value is -0.830. The lowest BCUT2D eigenvalue weighted by Gasteiger charge is -2.16. The van der Waals surface area contributed by atoms with Crippen LogP contribution in [0.15, 0.2) is 29.0 Å². The fourth-order valence-corrected chi connectivity index (χ4v) is 1.88. The van der Waals surface area contributed by atoms with Gasteiger partial charge in [-0.3, -0.25) is 0 Å². The zero-order valence-corrected chi connectivity index (χ0v) is 10.2. The van der Waals surface area contributed by atoms with Crippen molar-refractivity contribution >= 4 is 21.4 Å². The molecule has 0 fully saturated rings. The maximum absolute atomic E-state index is 4.45. The Balaban J connectivity index is 2.70. The molecule has 0 bridgehead atoms. The second-order valence-corrected chi connectivity index (χ2v) is 5.39. The maximum atomic E-state index is 4.45. The lowest BCUT2D eigenvalue weighted by atomic mass is 9.96. The molecule has 0 radical (unpaired) electrons. The van der Waals surface area contributed by atoms with E-state index in [2.05, 4.69) is 52.2 Å². The van der Waals surface area contributed by atoms with Crippen molar-refractivity contribution < 1.29 is 0 Å². The lowest BCUT2D eigenvalue weighted by molar-refractivity contribution is 0.543. The number of fused-ring (bicyclic) bond motifs is 1. The maximum Gasteiger partial charge on any atom is 0.118 e. The Bertz CT molecular complexity index is 466. The molecule has 0 unspecified atom stereocenters. The fraction of sp³-hybridized carbons (Fsp3) is 0.364. The van der Waals surface area contributed by atoms with Crippen LogP contribution in [0.25, 0.3) is 5.52 Å². The topological polar surface area (TPSA) is 17.3 Å². The normalized spacial score (nSPS) is 12.3. The summed E-state index contributed by atoms with van der Waals surface area (Å²) in [5, 5.41) is 0. The van der Waals surface area contributed by atoms with Crippen LogP contribution in [0.5, 0.6) is 0 Å². The molecule has 74 valence electrons. The summed E-state index contributed by atoms with van der Waals surface area (Å²) in [6, 6.07) is 4.10. The summed E-state index contributed by atoms with van der Waals surface area (Å²) < 4.78 is 3.22. The number of pyridine rings is 1. The van der Waals surface area contributed by atoms with Gasteiger partial charge < -0.3 is 4.40 Å². The van der Waals surface area contributed by atoms with Crippen molar-refractivity contribution in [2.45, 2.75) is 26.2 Å². The first-order valence-corrected chi connectivity index (χ1v) is 5.41. The zero-order valence-electron chi connectivity index (χ0n) is 8.58. The van der Waals surface area contributed by atoms with Crippen LogP contribution in [0.2, 0.25) is 0 Å². The molecule has 0 saturated heterocycles. The number of hydrogen-bond donors (Lipinski definition) is 0. The van der Waals surface area contributed by atoms with Crippen LogP contribution in [-0.2, 0) is 5.41 Å². The van der Waals surface area contributed by atoms with Gasteiger partial charge in [-0.15, -0.1) is 0 Å². The van der Waals surface area contributed by atoms with E-state index in [0.717, 1.165) is 15.8 Å². The minimum Gasteiger partial charge on any atom is -0.303 e. The van der Waals surface area contributed by atoms with Crippen molar-refractivity contribution in [3.8, 4) is 0 Å². The molecule has 0 aromatic carbocycles. The second kappa shape index (κ2) is 3.09. The molecule has 2 aromatic rings. The van der Waals surface area contributed by atoms with E-state index in [0.29, 0.717) is 0 Å². The van der Waals surface area contributed by atoms with Crippen molar-refractivity contribution in [3.63, 3.8) is 0 Å². The minimum atomic E-state index is 0.0836. The van der Waals surface area contributed by atoms with Gasteiger partial charge in [-0.25, -0.2) is 4.98 Å². The van der Waals surface area contributed by atoms with Gasteiger partial charge in [-0.1, -0.05) is 36.7 Å². The highest BCUT2D eigenvalue weighted by Crippen LogP contribution is 2.23. The third-order valence-corrected chi connectivity index (χ3v) is 2.66. The molecule has 0 amide bonds. The van der Waals surface area contributed by atoms with E-state index in [1.165, 1.54) is 0 Å². The number of rotatable bonds is 0. The molecular weight excluding hydrogens is 240 g/mol. The van der Waals surface area contributed by atoms with Gasteiger partial charge in [0.1, 0.15) is 5.82 Å². The molecule has 0 atom stereocenters. The molecule has 0 N–H and O–H groups in total. The SMILES string of the molecule is CC(C)(C)c1ncc2cc(Br)ccn12.